The molecule has 0 heterocycles. The molecule has 98 valence electrons. The van der Waals surface area contributed by atoms with Gasteiger partial charge in [0.05, 0.1) is 4.92 Å². The smallest absolute Gasteiger partial charge is 0.272 e. The molecule has 1 aliphatic rings. The van der Waals surface area contributed by atoms with E-state index in [9.17, 15) is 10.1 Å². The standard InChI is InChI=1S/C13H18N2O3/c1-9-7-12(5-6-13(9)15(16)17)18-11-4-2-3-10(14)8-11/h5-7,10-11H,2-4,8,14H2,1H3. The van der Waals surface area contributed by atoms with Gasteiger partial charge in [-0.2, -0.15) is 0 Å². The molecule has 0 aromatic heterocycles. The Morgan fingerprint density at radius 3 is 2.83 bits per heavy atom. The lowest BCUT2D eigenvalue weighted by Crippen LogP contribution is -2.33. The van der Waals surface area contributed by atoms with Gasteiger partial charge in [0, 0.05) is 17.7 Å². The first-order chi connectivity index (χ1) is 8.56. The highest BCUT2D eigenvalue weighted by Crippen LogP contribution is 2.27. The van der Waals surface area contributed by atoms with Crippen molar-refractivity contribution in [2.24, 2.45) is 5.73 Å². The van der Waals surface area contributed by atoms with Crippen LogP contribution < -0.4 is 10.5 Å². The summed E-state index contributed by atoms with van der Waals surface area (Å²) in [5.74, 6) is 0.692. The lowest BCUT2D eigenvalue weighted by atomic mass is 9.93. The topological polar surface area (TPSA) is 78.4 Å². The van der Waals surface area contributed by atoms with Crippen molar-refractivity contribution in [1.29, 1.82) is 0 Å². The number of benzene rings is 1. The average molecular weight is 250 g/mol. The Balaban J connectivity index is 2.05. The van der Waals surface area contributed by atoms with Crippen LogP contribution in [0.2, 0.25) is 0 Å². The molecule has 1 aliphatic carbocycles. The van der Waals surface area contributed by atoms with E-state index in [-0.39, 0.29) is 22.8 Å². The first-order valence-electron chi connectivity index (χ1n) is 6.23. The second kappa shape index (κ2) is 5.35. The summed E-state index contributed by atoms with van der Waals surface area (Å²) >= 11 is 0. The molecule has 0 bridgehead atoms. The van der Waals surface area contributed by atoms with Crippen LogP contribution in [0.15, 0.2) is 18.2 Å². The number of nitrogens with two attached hydrogens (primary N) is 1. The number of hydrogen-bond acceptors (Lipinski definition) is 4. The zero-order valence-corrected chi connectivity index (χ0v) is 10.5. The zero-order valence-electron chi connectivity index (χ0n) is 10.5. The SMILES string of the molecule is Cc1cc(OC2CCCC(N)C2)ccc1[N+](=O)[O-]. The Bertz CT molecular complexity index is 448. The van der Waals surface area contributed by atoms with Gasteiger partial charge < -0.3 is 10.5 Å². The van der Waals surface area contributed by atoms with Gasteiger partial charge in [0.15, 0.2) is 0 Å². The second-order valence-electron chi connectivity index (χ2n) is 4.87. The maximum Gasteiger partial charge on any atom is 0.272 e. The maximum atomic E-state index is 10.7. The molecule has 2 rings (SSSR count). The molecule has 5 heteroatoms. The third kappa shape index (κ3) is 2.98. The van der Waals surface area contributed by atoms with Crippen molar-refractivity contribution < 1.29 is 9.66 Å². The largest absolute Gasteiger partial charge is 0.490 e. The van der Waals surface area contributed by atoms with Crippen LogP contribution in [-0.2, 0) is 0 Å². The van der Waals surface area contributed by atoms with Gasteiger partial charge in [-0.3, -0.25) is 10.1 Å². The Hall–Kier alpha value is -1.62. The van der Waals surface area contributed by atoms with Crippen molar-refractivity contribution >= 4 is 5.69 Å². The lowest BCUT2D eigenvalue weighted by Gasteiger charge is -2.27. The molecule has 0 saturated heterocycles. The van der Waals surface area contributed by atoms with E-state index >= 15 is 0 Å². The summed E-state index contributed by atoms with van der Waals surface area (Å²) < 4.78 is 5.84. The first kappa shape index (κ1) is 12.8. The van der Waals surface area contributed by atoms with Gasteiger partial charge in [0.1, 0.15) is 11.9 Å². The fourth-order valence-corrected chi connectivity index (χ4v) is 2.39. The molecule has 0 amide bonds. The summed E-state index contributed by atoms with van der Waals surface area (Å²) in [6.45, 7) is 1.72. The molecule has 18 heavy (non-hydrogen) atoms. The second-order valence-corrected chi connectivity index (χ2v) is 4.87. The van der Waals surface area contributed by atoms with Crippen molar-refractivity contribution in [3.63, 3.8) is 0 Å². The van der Waals surface area contributed by atoms with Gasteiger partial charge >= 0.3 is 0 Å². The monoisotopic (exact) mass is 250 g/mol. The molecule has 0 spiro atoms. The van der Waals surface area contributed by atoms with Crippen molar-refractivity contribution in [2.45, 2.75) is 44.8 Å². The number of nitro benzene ring substituents is 1. The van der Waals surface area contributed by atoms with Gasteiger partial charge in [-0.15, -0.1) is 0 Å². The Kier molecular flexibility index (Phi) is 3.81. The Labute approximate surface area is 106 Å². The molecule has 5 nitrogen and oxygen atoms in total. The maximum absolute atomic E-state index is 10.7. The van der Waals surface area contributed by atoms with Gasteiger partial charge in [-0.25, -0.2) is 0 Å². The summed E-state index contributed by atoms with van der Waals surface area (Å²) in [7, 11) is 0. The van der Waals surface area contributed by atoms with Crippen molar-refractivity contribution in [3.8, 4) is 5.75 Å². The van der Waals surface area contributed by atoms with Crippen LogP contribution in [-0.4, -0.2) is 17.1 Å². The predicted octanol–water partition coefficient (Wildman–Crippen LogP) is 2.55. The van der Waals surface area contributed by atoms with Crippen molar-refractivity contribution in [3.05, 3.63) is 33.9 Å². The van der Waals surface area contributed by atoms with Gasteiger partial charge in [0.25, 0.3) is 5.69 Å². The third-order valence-electron chi connectivity index (χ3n) is 3.33. The van der Waals surface area contributed by atoms with E-state index in [0.29, 0.717) is 11.3 Å². The molecule has 1 aromatic rings. The quantitative estimate of drug-likeness (QED) is 0.660. The van der Waals surface area contributed by atoms with Gasteiger partial charge in [0.2, 0.25) is 0 Å². The van der Waals surface area contributed by atoms with Crippen LogP contribution in [0.3, 0.4) is 0 Å². The zero-order chi connectivity index (χ0) is 13.1. The van der Waals surface area contributed by atoms with E-state index < -0.39 is 0 Å². The molecule has 0 radical (unpaired) electrons. The van der Waals surface area contributed by atoms with Crippen LogP contribution >= 0.6 is 0 Å². The molecule has 1 aromatic carbocycles. The van der Waals surface area contributed by atoms with Crippen molar-refractivity contribution in [2.75, 3.05) is 0 Å². The summed E-state index contributed by atoms with van der Waals surface area (Å²) in [5.41, 5.74) is 6.65. The lowest BCUT2D eigenvalue weighted by molar-refractivity contribution is -0.385. The highest BCUT2D eigenvalue weighted by molar-refractivity contribution is 5.44. The van der Waals surface area contributed by atoms with E-state index in [1.165, 1.54) is 6.07 Å². The number of hydrogen-bond donors (Lipinski definition) is 1. The summed E-state index contributed by atoms with van der Waals surface area (Å²) in [5, 5.41) is 10.7. The molecule has 2 atom stereocenters. The molecular formula is C13H18N2O3. The van der Waals surface area contributed by atoms with Crippen LogP contribution in [0.4, 0.5) is 5.69 Å². The molecular weight excluding hydrogens is 232 g/mol. The fraction of sp³-hybridized carbons (Fsp3) is 0.538. The summed E-state index contributed by atoms with van der Waals surface area (Å²) in [4.78, 5) is 10.3. The Morgan fingerprint density at radius 1 is 1.44 bits per heavy atom. The summed E-state index contributed by atoms with van der Waals surface area (Å²) in [6.07, 6.45) is 4.13. The predicted molar refractivity (Wildman–Crippen MR) is 68.7 cm³/mol. The summed E-state index contributed by atoms with van der Waals surface area (Å²) in [6, 6.07) is 5.08. The number of aryl methyl sites for hydroxylation is 1. The van der Waals surface area contributed by atoms with E-state index in [4.69, 9.17) is 10.5 Å². The number of ether oxygens (including phenoxy) is 1. The highest BCUT2D eigenvalue weighted by atomic mass is 16.6. The normalized spacial score (nSPS) is 23.7. The third-order valence-corrected chi connectivity index (χ3v) is 3.33. The van der Waals surface area contributed by atoms with Crippen LogP contribution in [0.25, 0.3) is 0 Å². The number of rotatable bonds is 3. The number of nitro groups is 1. The van der Waals surface area contributed by atoms with Crippen LogP contribution in [0, 0.1) is 17.0 Å². The van der Waals surface area contributed by atoms with E-state index in [1.807, 2.05) is 0 Å². The molecule has 0 aliphatic heterocycles. The highest BCUT2D eigenvalue weighted by Gasteiger charge is 2.21. The minimum Gasteiger partial charge on any atom is -0.490 e. The molecule has 2 unspecified atom stereocenters. The molecule has 2 N–H and O–H groups in total. The van der Waals surface area contributed by atoms with E-state index in [0.717, 1.165) is 25.7 Å². The first-order valence-corrected chi connectivity index (χ1v) is 6.23. The molecule has 1 fully saturated rings. The minimum atomic E-state index is -0.379. The minimum absolute atomic E-state index is 0.127. The number of nitrogens with zero attached hydrogens (tertiary/aromatic N) is 1. The Morgan fingerprint density at radius 2 is 2.22 bits per heavy atom. The average Bonchev–Trinajstić information content (AvgIpc) is 2.28. The van der Waals surface area contributed by atoms with Gasteiger partial charge in [-0.1, -0.05) is 0 Å². The molecule has 1 saturated carbocycles. The van der Waals surface area contributed by atoms with Crippen molar-refractivity contribution in [1.82, 2.24) is 0 Å². The fourth-order valence-electron chi connectivity index (χ4n) is 2.39. The van der Waals surface area contributed by atoms with Crippen LogP contribution in [0.1, 0.15) is 31.2 Å². The van der Waals surface area contributed by atoms with Gasteiger partial charge in [-0.05, 0) is 44.7 Å². The van der Waals surface area contributed by atoms with Crippen LogP contribution in [0.5, 0.6) is 5.75 Å². The van der Waals surface area contributed by atoms with E-state index in [2.05, 4.69) is 0 Å². The van der Waals surface area contributed by atoms with E-state index in [1.54, 1.807) is 19.1 Å².